The number of hydrogen-bond donors (Lipinski definition) is 3. The molecule has 0 aromatic heterocycles. The molecule has 5 nitrogen and oxygen atoms in total. The molecular weight excluding hydrogens is 318 g/mol. The van der Waals surface area contributed by atoms with E-state index in [1.165, 1.54) is 0 Å². The van der Waals surface area contributed by atoms with Crippen molar-refractivity contribution in [2.75, 3.05) is 0 Å². The highest BCUT2D eigenvalue weighted by atomic mass is 16.3. The van der Waals surface area contributed by atoms with Gasteiger partial charge >= 0.3 is 0 Å². The molecule has 0 aliphatic heterocycles. The van der Waals surface area contributed by atoms with Gasteiger partial charge in [0, 0.05) is 27.8 Å². The predicted molar refractivity (Wildman–Crippen MR) is 92.3 cm³/mol. The minimum atomic E-state index is -0.481. The van der Waals surface area contributed by atoms with E-state index >= 15 is 0 Å². The molecule has 1 atom stereocenters. The van der Waals surface area contributed by atoms with Crippen molar-refractivity contribution >= 4 is 11.6 Å². The lowest BCUT2D eigenvalue weighted by molar-refractivity contribution is 0.0973. The first kappa shape index (κ1) is 15.8. The van der Waals surface area contributed by atoms with Crippen molar-refractivity contribution in [3.05, 3.63) is 57.6 Å². The Hall–Kier alpha value is -2.66. The minimum Gasteiger partial charge on any atom is -0.507 e. The molecule has 0 fully saturated rings. The topological polar surface area (TPSA) is 101 Å². The predicted octanol–water partition coefficient (Wildman–Crippen LogP) is 2.47. The van der Waals surface area contributed by atoms with Gasteiger partial charge in [0.05, 0.1) is 11.1 Å². The van der Waals surface area contributed by atoms with Gasteiger partial charge in [-0.3, -0.25) is 9.59 Å². The molecule has 0 amide bonds. The SMILES string of the molecule is CC[C@@]1(N)CCc2c(O)c3c(c(O)c2C1)C(=O)c1ccccc1C3=O. The third-order valence-electron chi connectivity index (χ3n) is 5.64. The average Bonchev–Trinajstić information content (AvgIpc) is 2.62. The van der Waals surface area contributed by atoms with Gasteiger partial charge < -0.3 is 15.9 Å². The summed E-state index contributed by atoms with van der Waals surface area (Å²) in [6.07, 6.45) is 2.21. The Kier molecular flexibility index (Phi) is 3.27. The summed E-state index contributed by atoms with van der Waals surface area (Å²) in [5.74, 6) is -1.26. The molecule has 5 heteroatoms. The molecule has 128 valence electrons. The second kappa shape index (κ2) is 5.17. The Balaban J connectivity index is 2.01. The second-order valence-corrected chi connectivity index (χ2v) is 7.00. The van der Waals surface area contributed by atoms with Gasteiger partial charge in [0.15, 0.2) is 11.6 Å². The number of benzene rings is 2. The van der Waals surface area contributed by atoms with Gasteiger partial charge in [-0.15, -0.1) is 0 Å². The maximum Gasteiger partial charge on any atom is 0.198 e. The van der Waals surface area contributed by atoms with Crippen molar-refractivity contribution in [3.8, 4) is 11.5 Å². The molecule has 2 aliphatic carbocycles. The molecule has 4 rings (SSSR count). The molecule has 0 saturated heterocycles. The molecule has 2 aromatic carbocycles. The smallest absolute Gasteiger partial charge is 0.198 e. The Morgan fingerprint density at radius 1 is 1.00 bits per heavy atom. The van der Waals surface area contributed by atoms with E-state index in [4.69, 9.17) is 5.73 Å². The number of ketones is 2. The van der Waals surface area contributed by atoms with E-state index in [2.05, 4.69) is 0 Å². The van der Waals surface area contributed by atoms with E-state index in [1.54, 1.807) is 24.3 Å². The van der Waals surface area contributed by atoms with Gasteiger partial charge in [0.2, 0.25) is 0 Å². The fourth-order valence-corrected chi connectivity index (χ4v) is 3.99. The molecular formula is C20H19NO4. The van der Waals surface area contributed by atoms with Gasteiger partial charge in [-0.1, -0.05) is 31.2 Å². The van der Waals surface area contributed by atoms with Crippen LogP contribution in [-0.4, -0.2) is 27.3 Å². The summed E-state index contributed by atoms with van der Waals surface area (Å²) in [4.78, 5) is 25.7. The lowest BCUT2D eigenvalue weighted by Crippen LogP contribution is -2.44. The highest BCUT2D eigenvalue weighted by molar-refractivity contribution is 6.30. The Morgan fingerprint density at radius 3 is 2.04 bits per heavy atom. The van der Waals surface area contributed by atoms with Gasteiger partial charge in [-0.25, -0.2) is 0 Å². The third-order valence-corrected chi connectivity index (χ3v) is 5.64. The van der Waals surface area contributed by atoms with Gasteiger partial charge in [-0.2, -0.15) is 0 Å². The van der Waals surface area contributed by atoms with E-state index in [1.807, 2.05) is 6.92 Å². The minimum absolute atomic E-state index is 0.0824. The number of nitrogens with two attached hydrogens (primary N) is 1. The number of aromatic hydroxyl groups is 2. The molecule has 0 bridgehead atoms. The second-order valence-electron chi connectivity index (χ2n) is 7.00. The van der Waals surface area contributed by atoms with E-state index in [9.17, 15) is 19.8 Å². The molecule has 0 radical (unpaired) electrons. The van der Waals surface area contributed by atoms with Crippen molar-refractivity contribution < 1.29 is 19.8 Å². The fourth-order valence-electron chi connectivity index (χ4n) is 3.99. The number of phenolic OH excluding ortho intramolecular Hbond substituents is 2. The molecule has 0 saturated carbocycles. The fraction of sp³-hybridized carbons (Fsp3) is 0.300. The highest BCUT2D eigenvalue weighted by Gasteiger charge is 2.40. The number of carbonyl (C=O) groups excluding carboxylic acids is 2. The van der Waals surface area contributed by atoms with Crippen LogP contribution < -0.4 is 5.73 Å². The normalized spacial score (nSPS) is 21.5. The average molecular weight is 337 g/mol. The molecule has 0 heterocycles. The van der Waals surface area contributed by atoms with Crippen LogP contribution in [-0.2, 0) is 12.8 Å². The summed E-state index contributed by atoms with van der Waals surface area (Å²) in [6.45, 7) is 1.98. The van der Waals surface area contributed by atoms with Crippen LogP contribution in [0.15, 0.2) is 24.3 Å². The zero-order chi connectivity index (χ0) is 17.9. The van der Waals surface area contributed by atoms with Gasteiger partial charge in [0.25, 0.3) is 0 Å². The zero-order valence-corrected chi connectivity index (χ0v) is 13.9. The molecule has 25 heavy (non-hydrogen) atoms. The summed E-state index contributed by atoms with van der Waals surface area (Å²) in [5.41, 5.74) is 7.23. The molecule has 2 aromatic rings. The van der Waals surface area contributed by atoms with E-state index in [0.29, 0.717) is 30.4 Å². The first-order valence-corrected chi connectivity index (χ1v) is 8.45. The Morgan fingerprint density at radius 2 is 1.52 bits per heavy atom. The van der Waals surface area contributed by atoms with Crippen molar-refractivity contribution in [2.45, 2.75) is 38.1 Å². The highest BCUT2D eigenvalue weighted by Crippen LogP contribution is 2.46. The third kappa shape index (κ3) is 2.05. The number of carbonyl (C=O) groups is 2. The molecule has 4 N–H and O–H groups in total. The first-order chi connectivity index (χ1) is 11.9. The van der Waals surface area contributed by atoms with E-state index in [-0.39, 0.29) is 33.8 Å². The first-order valence-electron chi connectivity index (χ1n) is 8.45. The number of phenols is 2. The van der Waals surface area contributed by atoms with Crippen molar-refractivity contribution in [2.24, 2.45) is 5.73 Å². The molecule has 0 spiro atoms. The van der Waals surface area contributed by atoms with Crippen molar-refractivity contribution in [3.63, 3.8) is 0 Å². The van der Waals surface area contributed by atoms with Crippen LogP contribution in [0.4, 0.5) is 0 Å². The summed E-state index contributed by atoms with van der Waals surface area (Å²) >= 11 is 0. The molecule has 2 aliphatic rings. The summed E-state index contributed by atoms with van der Waals surface area (Å²) < 4.78 is 0. The number of hydrogen-bond acceptors (Lipinski definition) is 5. The van der Waals surface area contributed by atoms with Crippen LogP contribution in [0, 0.1) is 0 Å². The monoisotopic (exact) mass is 337 g/mol. The largest absolute Gasteiger partial charge is 0.507 e. The lowest BCUT2D eigenvalue weighted by Gasteiger charge is -2.36. The van der Waals surface area contributed by atoms with Crippen molar-refractivity contribution in [1.29, 1.82) is 0 Å². The van der Waals surface area contributed by atoms with Gasteiger partial charge in [0.1, 0.15) is 11.5 Å². The van der Waals surface area contributed by atoms with Gasteiger partial charge in [-0.05, 0) is 25.7 Å². The Labute approximate surface area is 145 Å². The number of fused-ring (bicyclic) bond motifs is 3. The Bertz CT molecular complexity index is 947. The van der Waals surface area contributed by atoms with Crippen LogP contribution in [0.3, 0.4) is 0 Å². The van der Waals surface area contributed by atoms with E-state index in [0.717, 1.165) is 6.42 Å². The van der Waals surface area contributed by atoms with Crippen LogP contribution in [0.5, 0.6) is 11.5 Å². The summed E-state index contributed by atoms with van der Waals surface area (Å²) in [7, 11) is 0. The standard InChI is InChI=1S/C20H19NO4/c1-2-20(21)8-7-12-13(9-20)19(25)15-14(18(12)24)16(22)10-5-3-4-6-11(10)17(15)23/h3-6,24-25H,2,7-9,21H2,1H3/t20-/m1/s1. The molecule has 0 unspecified atom stereocenters. The van der Waals surface area contributed by atoms with Crippen LogP contribution in [0.1, 0.15) is 62.7 Å². The lowest BCUT2D eigenvalue weighted by atomic mass is 9.72. The van der Waals surface area contributed by atoms with Crippen molar-refractivity contribution in [1.82, 2.24) is 0 Å². The summed E-state index contributed by atoms with van der Waals surface area (Å²) in [6, 6.07) is 6.48. The maximum absolute atomic E-state index is 12.9. The summed E-state index contributed by atoms with van der Waals surface area (Å²) in [5, 5.41) is 21.5. The number of rotatable bonds is 1. The van der Waals surface area contributed by atoms with Crippen LogP contribution >= 0.6 is 0 Å². The van der Waals surface area contributed by atoms with E-state index < -0.39 is 17.1 Å². The zero-order valence-electron chi connectivity index (χ0n) is 13.9. The van der Waals surface area contributed by atoms with Crippen LogP contribution in [0.2, 0.25) is 0 Å². The quantitative estimate of drug-likeness (QED) is 0.592. The van der Waals surface area contributed by atoms with Crippen LogP contribution in [0.25, 0.3) is 0 Å². The maximum atomic E-state index is 12.9.